The number of primary amides is 1. The van der Waals surface area contributed by atoms with E-state index in [0.717, 1.165) is 44.7 Å². The van der Waals surface area contributed by atoms with Crippen molar-refractivity contribution in [3.63, 3.8) is 0 Å². The number of carbonyl (C=O) groups excluding carboxylic acids is 2. The van der Waals surface area contributed by atoms with Gasteiger partial charge in [-0.3, -0.25) is 19.7 Å². The molecule has 1 aromatic heterocycles. The van der Waals surface area contributed by atoms with Gasteiger partial charge in [-0.05, 0) is 25.7 Å². The van der Waals surface area contributed by atoms with Gasteiger partial charge in [-0.15, -0.1) is 0 Å². The molecule has 1 aliphatic heterocycles. The van der Waals surface area contributed by atoms with Gasteiger partial charge < -0.3 is 16.0 Å². The predicted octanol–water partition coefficient (Wildman–Crippen LogP) is 1.75. The number of nitrogens with zero attached hydrogens (tertiary/aromatic N) is 3. The Labute approximate surface area is 157 Å². The lowest BCUT2D eigenvalue weighted by molar-refractivity contribution is -0.385. The molecule has 146 valence electrons. The van der Waals surface area contributed by atoms with Crippen LogP contribution in [0.15, 0.2) is 12.3 Å². The molecule has 0 atom stereocenters. The van der Waals surface area contributed by atoms with Gasteiger partial charge in [0.25, 0.3) is 11.6 Å². The van der Waals surface area contributed by atoms with Gasteiger partial charge in [-0.25, -0.2) is 4.98 Å². The largest absolute Gasteiger partial charge is 0.365 e. The quantitative estimate of drug-likeness (QED) is 0.595. The molecule has 0 spiro atoms. The number of carbonyl (C=O) groups is 2. The second-order valence-corrected chi connectivity index (χ2v) is 7.29. The first-order valence-corrected chi connectivity index (χ1v) is 9.45. The summed E-state index contributed by atoms with van der Waals surface area (Å²) in [6.45, 7) is 1.20. The fourth-order valence-electron chi connectivity index (χ4n) is 3.90. The Kier molecular flexibility index (Phi) is 5.88. The summed E-state index contributed by atoms with van der Waals surface area (Å²) in [5, 5.41) is 14.1. The summed E-state index contributed by atoms with van der Waals surface area (Å²) < 4.78 is 0. The molecule has 9 nitrogen and oxygen atoms in total. The van der Waals surface area contributed by atoms with Crippen LogP contribution in [0.4, 0.5) is 11.5 Å². The highest BCUT2D eigenvalue weighted by molar-refractivity contribution is 5.98. The van der Waals surface area contributed by atoms with Crippen molar-refractivity contribution in [1.29, 1.82) is 0 Å². The lowest BCUT2D eigenvalue weighted by atomic mass is 9.88. The van der Waals surface area contributed by atoms with Gasteiger partial charge in [0.05, 0.1) is 10.5 Å². The van der Waals surface area contributed by atoms with Gasteiger partial charge >= 0.3 is 0 Å². The van der Waals surface area contributed by atoms with Crippen LogP contribution in [-0.4, -0.2) is 40.9 Å². The summed E-state index contributed by atoms with van der Waals surface area (Å²) in [6, 6.07) is 1.27. The first-order valence-electron chi connectivity index (χ1n) is 9.45. The summed E-state index contributed by atoms with van der Waals surface area (Å²) in [7, 11) is 0. The standard InChI is InChI=1S/C18H25N5O4/c19-16(24)15-10-14(23(26)27)11-20-17(15)22-8-6-13(7-9-22)21-18(25)12-4-2-1-3-5-12/h10-13H,1-9H2,(H2,19,24)(H,21,25). The zero-order valence-electron chi connectivity index (χ0n) is 15.2. The van der Waals surface area contributed by atoms with Crippen molar-refractivity contribution in [2.45, 2.75) is 51.0 Å². The van der Waals surface area contributed by atoms with Crippen molar-refractivity contribution in [2.75, 3.05) is 18.0 Å². The molecule has 0 unspecified atom stereocenters. The van der Waals surface area contributed by atoms with E-state index < -0.39 is 10.8 Å². The molecule has 2 aliphatic rings. The van der Waals surface area contributed by atoms with Crippen LogP contribution in [0.25, 0.3) is 0 Å². The van der Waals surface area contributed by atoms with Crippen LogP contribution < -0.4 is 16.0 Å². The molecule has 2 fully saturated rings. The molecule has 9 heteroatoms. The van der Waals surface area contributed by atoms with Crippen molar-refractivity contribution in [1.82, 2.24) is 10.3 Å². The van der Waals surface area contributed by atoms with E-state index in [4.69, 9.17) is 5.73 Å². The van der Waals surface area contributed by atoms with Gasteiger partial charge in [0.1, 0.15) is 12.0 Å². The smallest absolute Gasteiger partial charge is 0.288 e. The Balaban J connectivity index is 1.61. The molecule has 3 N–H and O–H groups in total. The van der Waals surface area contributed by atoms with Crippen LogP contribution in [-0.2, 0) is 4.79 Å². The normalized spacial score (nSPS) is 18.9. The van der Waals surface area contributed by atoms with Crippen LogP contribution in [0.3, 0.4) is 0 Å². The molecular weight excluding hydrogens is 350 g/mol. The van der Waals surface area contributed by atoms with Gasteiger partial charge in [-0.1, -0.05) is 19.3 Å². The van der Waals surface area contributed by atoms with E-state index in [1.54, 1.807) is 0 Å². The summed E-state index contributed by atoms with van der Waals surface area (Å²) in [5.41, 5.74) is 5.17. The third-order valence-electron chi connectivity index (χ3n) is 5.45. The lowest BCUT2D eigenvalue weighted by Gasteiger charge is -2.34. The van der Waals surface area contributed by atoms with E-state index in [0.29, 0.717) is 18.9 Å². The number of amides is 2. The minimum absolute atomic E-state index is 0.0499. The highest BCUT2D eigenvalue weighted by Crippen LogP contribution is 2.27. The van der Waals surface area contributed by atoms with Gasteiger partial charge in [0.15, 0.2) is 0 Å². The highest BCUT2D eigenvalue weighted by atomic mass is 16.6. The van der Waals surface area contributed by atoms with Gasteiger partial charge in [0.2, 0.25) is 5.91 Å². The maximum absolute atomic E-state index is 12.4. The van der Waals surface area contributed by atoms with Crippen molar-refractivity contribution < 1.29 is 14.5 Å². The van der Waals surface area contributed by atoms with E-state index >= 15 is 0 Å². The molecular formula is C18H25N5O4. The molecule has 2 amide bonds. The fraction of sp³-hybridized carbons (Fsp3) is 0.611. The topological polar surface area (TPSA) is 131 Å². The van der Waals surface area contributed by atoms with Gasteiger partial charge in [-0.2, -0.15) is 0 Å². The number of aromatic nitrogens is 1. The SMILES string of the molecule is NC(=O)c1cc([N+](=O)[O-])cnc1N1CCC(NC(=O)C2CCCCC2)CC1. The summed E-state index contributed by atoms with van der Waals surface area (Å²) >= 11 is 0. The van der Waals surface area contributed by atoms with Gasteiger partial charge in [0, 0.05) is 31.1 Å². The maximum atomic E-state index is 12.4. The number of nitro groups is 1. The molecule has 1 aromatic rings. The molecule has 27 heavy (non-hydrogen) atoms. The Morgan fingerprint density at radius 1 is 1.19 bits per heavy atom. The second-order valence-electron chi connectivity index (χ2n) is 7.29. The summed E-state index contributed by atoms with van der Waals surface area (Å²) in [6.07, 6.45) is 8.01. The second kappa shape index (κ2) is 8.32. The van der Waals surface area contributed by atoms with Crippen molar-refractivity contribution in [3.8, 4) is 0 Å². The minimum Gasteiger partial charge on any atom is -0.365 e. The maximum Gasteiger partial charge on any atom is 0.288 e. The molecule has 0 aromatic carbocycles. The average molecular weight is 375 g/mol. The molecule has 0 bridgehead atoms. The Bertz CT molecular complexity index is 724. The van der Waals surface area contributed by atoms with Crippen LogP contribution in [0, 0.1) is 16.0 Å². The molecule has 3 rings (SSSR count). The number of rotatable bonds is 5. The molecule has 1 saturated heterocycles. The molecule has 2 heterocycles. The summed E-state index contributed by atoms with van der Waals surface area (Å²) in [5.74, 6) is -0.0897. The fourth-order valence-corrected chi connectivity index (χ4v) is 3.90. The number of piperidine rings is 1. The van der Waals surface area contributed by atoms with E-state index in [1.807, 2.05) is 4.90 Å². The number of pyridine rings is 1. The highest BCUT2D eigenvalue weighted by Gasteiger charge is 2.28. The summed E-state index contributed by atoms with van der Waals surface area (Å²) in [4.78, 5) is 40.4. The van der Waals surface area contributed by atoms with Crippen LogP contribution in [0.2, 0.25) is 0 Å². The van der Waals surface area contributed by atoms with Crippen LogP contribution in [0.1, 0.15) is 55.3 Å². The zero-order valence-corrected chi connectivity index (χ0v) is 15.2. The first kappa shape index (κ1) is 19.1. The molecule has 0 radical (unpaired) electrons. The van der Waals surface area contributed by atoms with Crippen molar-refractivity contribution in [2.24, 2.45) is 11.7 Å². The Morgan fingerprint density at radius 3 is 2.44 bits per heavy atom. The van der Waals surface area contributed by atoms with E-state index in [-0.39, 0.29) is 29.1 Å². The molecule has 1 saturated carbocycles. The van der Waals surface area contributed by atoms with Crippen molar-refractivity contribution >= 4 is 23.3 Å². The number of anilines is 1. The Morgan fingerprint density at radius 2 is 1.85 bits per heavy atom. The number of nitrogens with one attached hydrogen (secondary N) is 1. The predicted molar refractivity (Wildman–Crippen MR) is 99.4 cm³/mol. The van der Waals surface area contributed by atoms with E-state index in [9.17, 15) is 19.7 Å². The first-order chi connectivity index (χ1) is 13.0. The monoisotopic (exact) mass is 375 g/mol. The number of hydrogen-bond donors (Lipinski definition) is 2. The number of hydrogen-bond acceptors (Lipinski definition) is 6. The average Bonchev–Trinajstić information content (AvgIpc) is 2.68. The van der Waals surface area contributed by atoms with E-state index in [2.05, 4.69) is 10.3 Å². The van der Waals surface area contributed by atoms with Crippen LogP contribution >= 0.6 is 0 Å². The third-order valence-corrected chi connectivity index (χ3v) is 5.45. The Hall–Kier alpha value is -2.71. The lowest BCUT2D eigenvalue weighted by Crippen LogP contribution is -2.47. The van der Waals surface area contributed by atoms with Crippen molar-refractivity contribution in [3.05, 3.63) is 27.9 Å². The third kappa shape index (κ3) is 4.53. The van der Waals surface area contributed by atoms with E-state index in [1.165, 1.54) is 12.5 Å². The van der Waals surface area contributed by atoms with Crippen LogP contribution in [0.5, 0.6) is 0 Å². The number of nitrogens with two attached hydrogens (primary N) is 1. The molecule has 1 aliphatic carbocycles. The minimum atomic E-state index is -0.742. The zero-order chi connectivity index (χ0) is 19.4.